The van der Waals surface area contributed by atoms with Crippen molar-refractivity contribution < 1.29 is 0 Å². The van der Waals surface area contributed by atoms with E-state index in [1.54, 1.807) is 5.57 Å². The molecule has 1 heterocycles. The van der Waals surface area contributed by atoms with Gasteiger partial charge in [-0.3, -0.25) is 4.90 Å². The van der Waals surface area contributed by atoms with Crippen LogP contribution in [0, 0.1) is 5.41 Å². The topological polar surface area (TPSA) is 29.3 Å². The van der Waals surface area contributed by atoms with Crippen LogP contribution in [0.3, 0.4) is 0 Å². The van der Waals surface area contributed by atoms with Crippen molar-refractivity contribution in [1.29, 1.82) is 0 Å². The van der Waals surface area contributed by atoms with Gasteiger partial charge in [0.2, 0.25) is 0 Å². The molecule has 1 atom stereocenters. The Hall–Kier alpha value is -0.340. The summed E-state index contributed by atoms with van der Waals surface area (Å²) in [6.45, 7) is 12.1. The molecule has 2 N–H and O–H groups in total. The van der Waals surface area contributed by atoms with Gasteiger partial charge < -0.3 is 5.73 Å². The maximum absolute atomic E-state index is 5.66. The second kappa shape index (κ2) is 4.45. The molecule has 0 aromatic rings. The molecular weight excluding hydrogens is 172 g/mol. The first-order valence-corrected chi connectivity index (χ1v) is 5.58. The Labute approximate surface area is 88.2 Å². The predicted octanol–water partition coefficient (Wildman–Crippen LogP) is 2.01. The summed E-state index contributed by atoms with van der Waals surface area (Å²) in [4.78, 5) is 2.45. The molecule has 0 aromatic carbocycles. The van der Waals surface area contributed by atoms with Crippen molar-refractivity contribution in [2.75, 3.05) is 19.6 Å². The molecule has 0 bridgehead atoms. The highest BCUT2D eigenvalue weighted by Gasteiger charge is 2.22. The second-order valence-corrected chi connectivity index (χ2v) is 5.31. The van der Waals surface area contributed by atoms with Crippen LogP contribution in [0.25, 0.3) is 0 Å². The van der Waals surface area contributed by atoms with E-state index in [1.165, 1.54) is 13.0 Å². The van der Waals surface area contributed by atoms with E-state index in [2.05, 4.69) is 38.7 Å². The van der Waals surface area contributed by atoms with E-state index in [-0.39, 0.29) is 0 Å². The summed E-state index contributed by atoms with van der Waals surface area (Å²) in [6, 6.07) is 0.521. The van der Waals surface area contributed by atoms with Crippen LogP contribution in [0.2, 0.25) is 0 Å². The van der Waals surface area contributed by atoms with Gasteiger partial charge in [0.25, 0.3) is 0 Å². The van der Waals surface area contributed by atoms with Gasteiger partial charge >= 0.3 is 0 Å². The third kappa shape index (κ3) is 2.82. The second-order valence-electron chi connectivity index (χ2n) is 5.31. The molecule has 0 saturated heterocycles. The molecule has 14 heavy (non-hydrogen) atoms. The molecule has 2 heteroatoms. The monoisotopic (exact) mass is 196 g/mol. The quantitative estimate of drug-likeness (QED) is 0.685. The predicted molar refractivity (Wildman–Crippen MR) is 62.2 cm³/mol. The smallest absolute Gasteiger partial charge is 0.0193 e. The Balaban J connectivity index is 2.56. The zero-order valence-electron chi connectivity index (χ0n) is 10.0. The Bertz CT molecular complexity index is 213. The molecule has 0 radical (unpaired) electrons. The highest BCUT2D eigenvalue weighted by Crippen LogP contribution is 2.30. The molecule has 2 nitrogen and oxygen atoms in total. The average Bonchev–Trinajstić information content (AvgIpc) is 2.15. The van der Waals surface area contributed by atoms with Crippen molar-refractivity contribution in [3.63, 3.8) is 0 Å². The van der Waals surface area contributed by atoms with Crippen LogP contribution < -0.4 is 5.73 Å². The van der Waals surface area contributed by atoms with Gasteiger partial charge in [0.1, 0.15) is 0 Å². The van der Waals surface area contributed by atoms with Gasteiger partial charge in [0, 0.05) is 25.7 Å². The molecule has 1 aliphatic heterocycles. The maximum atomic E-state index is 5.66. The van der Waals surface area contributed by atoms with E-state index in [9.17, 15) is 0 Å². The van der Waals surface area contributed by atoms with Crippen molar-refractivity contribution in [2.45, 2.75) is 40.2 Å². The van der Waals surface area contributed by atoms with Crippen molar-refractivity contribution in [1.82, 2.24) is 4.90 Å². The first kappa shape index (κ1) is 11.7. The molecule has 82 valence electrons. The van der Waals surface area contributed by atoms with E-state index in [1.807, 2.05) is 0 Å². The summed E-state index contributed by atoms with van der Waals surface area (Å²) >= 11 is 0. The molecule has 0 spiro atoms. The van der Waals surface area contributed by atoms with Gasteiger partial charge in [0.15, 0.2) is 0 Å². The van der Waals surface area contributed by atoms with E-state index in [4.69, 9.17) is 5.73 Å². The minimum Gasteiger partial charge on any atom is -0.329 e. The molecule has 0 fully saturated rings. The SMILES string of the molecule is CC(CN)N1CC=C(C(C)(C)C)CC1. The molecule has 1 unspecified atom stereocenters. The normalized spacial score (nSPS) is 21.9. The summed E-state index contributed by atoms with van der Waals surface area (Å²) in [5, 5.41) is 0. The summed E-state index contributed by atoms with van der Waals surface area (Å²) < 4.78 is 0. The lowest BCUT2D eigenvalue weighted by atomic mass is 9.83. The van der Waals surface area contributed by atoms with E-state index < -0.39 is 0 Å². The molecule has 0 amide bonds. The number of nitrogens with zero attached hydrogens (tertiary/aromatic N) is 1. The lowest BCUT2D eigenvalue weighted by molar-refractivity contribution is 0.221. The van der Waals surface area contributed by atoms with Crippen molar-refractivity contribution >= 4 is 0 Å². The van der Waals surface area contributed by atoms with Crippen LogP contribution in [0.1, 0.15) is 34.1 Å². The van der Waals surface area contributed by atoms with Gasteiger partial charge in [-0.25, -0.2) is 0 Å². The highest BCUT2D eigenvalue weighted by atomic mass is 15.2. The lowest BCUT2D eigenvalue weighted by Crippen LogP contribution is -2.41. The maximum Gasteiger partial charge on any atom is 0.0193 e. The molecular formula is C12H24N2. The molecule has 0 aliphatic carbocycles. The van der Waals surface area contributed by atoms with Crippen LogP contribution in [0.5, 0.6) is 0 Å². The van der Waals surface area contributed by atoms with Gasteiger partial charge in [-0.15, -0.1) is 0 Å². The fourth-order valence-corrected chi connectivity index (χ4v) is 1.92. The fourth-order valence-electron chi connectivity index (χ4n) is 1.92. The van der Waals surface area contributed by atoms with Crippen LogP contribution in [0.15, 0.2) is 11.6 Å². The first-order valence-electron chi connectivity index (χ1n) is 5.58. The summed E-state index contributed by atoms with van der Waals surface area (Å²) in [6.07, 6.45) is 3.59. The van der Waals surface area contributed by atoms with E-state index in [0.29, 0.717) is 11.5 Å². The van der Waals surface area contributed by atoms with Gasteiger partial charge in [0.05, 0.1) is 0 Å². The van der Waals surface area contributed by atoms with Gasteiger partial charge in [-0.2, -0.15) is 0 Å². The summed E-state index contributed by atoms with van der Waals surface area (Å²) in [7, 11) is 0. The number of rotatable bonds is 2. The third-order valence-corrected chi connectivity index (χ3v) is 3.17. The molecule has 1 rings (SSSR count). The van der Waals surface area contributed by atoms with Crippen LogP contribution in [0.4, 0.5) is 0 Å². The van der Waals surface area contributed by atoms with E-state index >= 15 is 0 Å². The lowest BCUT2D eigenvalue weighted by Gasteiger charge is -2.35. The number of nitrogens with two attached hydrogens (primary N) is 1. The van der Waals surface area contributed by atoms with Crippen LogP contribution >= 0.6 is 0 Å². The standard InChI is InChI=1S/C12H24N2/c1-10(9-13)14-7-5-11(6-8-14)12(2,3)4/h5,10H,6-9,13H2,1-4H3. The molecule has 0 saturated carbocycles. The van der Waals surface area contributed by atoms with Gasteiger partial charge in [-0.05, 0) is 18.8 Å². The molecule has 1 aliphatic rings. The average molecular weight is 196 g/mol. The van der Waals surface area contributed by atoms with Crippen molar-refractivity contribution in [3.05, 3.63) is 11.6 Å². The Morgan fingerprint density at radius 3 is 2.50 bits per heavy atom. The van der Waals surface area contributed by atoms with Crippen molar-refractivity contribution in [3.8, 4) is 0 Å². The Kier molecular flexibility index (Phi) is 3.73. The zero-order valence-corrected chi connectivity index (χ0v) is 10.0. The van der Waals surface area contributed by atoms with Crippen LogP contribution in [-0.4, -0.2) is 30.6 Å². The number of hydrogen-bond acceptors (Lipinski definition) is 2. The molecule has 0 aromatic heterocycles. The zero-order chi connectivity index (χ0) is 10.8. The first-order chi connectivity index (χ1) is 6.45. The fraction of sp³-hybridized carbons (Fsp3) is 0.833. The minimum absolute atomic E-state index is 0.345. The van der Waals surface area contributed by atoms with E-state index in [0.717, 1.165) is 13.1 Å². The Morgan fingerprint density at radius 1 is 1.50 bits per heavy atom. The summed E-state index contributed by atoms with van der Waals surface area (Å²) in [5.74, 6) is 0. The third-order valence-electron chi connectivity index (χ3n) is 3.17. The largest absolute Gasteiger partial charge is 0.329 e. The minimum atomic E-state index is 0.345. The highest BCUT2D eigenvalue weighted by molar-refractivity contribution is 5.14. The van der Waals surface area contributed by atoms with Gasteiger partial charge in [-0.1, -0.05) is 32.4 Å². The number of hydrogen-bond donors (Lipinski definition) is 1. The van der Waals surface area contributed by atoms with Crippen molar-refractivity contribution in [2.24, 2.45) is 11.1 Å². The van der Waals surface area contributed by atoms with Crippen LogP contribution in [-0.2, 0) is 0 Å². The summed E-state index contributed by atoms with van der Waals surface area (Å²) in [5.41, 5.74) is 7.60. The Morgan fingerprint density at radius 2 is 2.14 bits per heavy atom.